The SMILES string of the molecule is COC(=O)[C@@H](C)N1CCNc2cc(Oc3cccc([N+](=O)[O-])c3)ccc2S1(=O)=O. The van der Waals surface area contributed by atoms with Gasteiger partial charge in [-0.15, -0.1) is 0 Å². The predicted molar refractivity (Wildman–Crippen MR) is 103 cm³/mol. The van der Waals surface area contributed by atoms with Crippen LogP contribution in [0.5, 0.6) is 11.5 Å². The maximum absolute atomic E-state index is 13.0. The van der Waals surface area contributed by atoms with Crippen molar-refractivity contribution >= 4 is 27.4 Å². The molecule has 0 amide bonds. The lowest BCUT2D eigenvalue weighted by atomic mass is 10.2. The lowest BCUT2D eigenvalue weighted by Gasteiger charge is -2.24. The second-order valence-corrected chi connectivity index (χ2v) is 8.12. The molecule has 154 valence electrons. The van der Waals surface area contributed by atoms with Crippen molar-refractivity contribution in [2.24, 2.45) is 0 Å². The number of esters is 1. The molecular formula is C18H19N3O7S. The minimum absolute atomic E-state index is 0.00264. The van der Waals surface area contributed by atoms with Gasteiger partial charge in [0, 0.05) is 25.2 Å². The molecule has 0 saturated carbocycles. The van der Waals surface area contributed by atoms with Gasteiger partial charge in [0.25, 0.3) is 5.69 Å². The number of nitrogens with zero attached hydrogens (tertiary/aromatic N) is 2. The number of ether oxygens (including phenoxy) is 2. The number of sulfonamides is 1. The number of non-ortho nitro benzene ring substituents is 1. The Morgan fingerprint density at radius 3 is 2.66 bits per heavy atom. The molecule has 29 heavy (non-hydrogen) atoms. The lowest BCUT2D eigenvalue weighted by Crippen LogP contribution is -2.44. The van der Waals surface area contributed by atoms with Gasteiger partial charge in [-0.05, 0) is 25.1 Å². The number of carbonyl (C=O) groups excluding carboxylic acids is 1. The third-order valence-corrected chi connectivity index (χ3v) is 6.45. The highest BCUT2D eigenvalue weighted by atomic mass is 32.2. The van der Waals surface area contributed by atoms with E-state index in [4.69, 9.17) is 4.74 Å². The van der Waals surface area contributed by atoms with Gasteiger partial charge < -0.3 is 14.8 Å². The molecule has 0 aliphatic carbocycles. The van der Waals surface area contributed by atoms with E-state index in [2.05, 4.69) is 10.1 Å². The third-order valence-electron chi connectivity index (χ3n) is 4.42. The number of methoxy groups -OCH3 is 1. The monoisotopic (exact) mass is 421 g/mol. The van der Waals surface area contributed by atoms with Gasteiger partial charge in [0.1, 0.15) is 22.4 Å². The Labute approximate surface area is 167 Å². The van der Waals surface area contributed by atoms with Crippen LogP contribution in [0.1, 0.15) is 6.92 Å². The average Bonchev–Trinajstić information content (AvgIpc) is 2.82. The topological polar surface area (TPSA) is 128 Å². The first kappa shape index (κ1) is 20.6. The molecule has 1 N–H and O–H groups in total. The zero-order chi connectivity index (χ0) is 21.2. The number of hydrogen-bond donors (Lipinski definition) is 1. The molecule has 2 aromatic rings. The van der Waals surface area contributed by atoms with Crippen molar-refractivity contribution in [3.63, 3.8) is 0 Å². The van der Waals surface area contributed by atoms with E-state index < -0.39 is 27.0 Å². The molecule has 11 heteroatoms. The molecular weight excluding hydrogens is 402 g/mol. The summed E-state index contributed by atoms with van der Waals surface area (Å²) in [7, 11) is -2.75. The number of fused-ring (bicyclic) bond motifs is 1. The van der Waals surface area contributed by atoms with Crippen molar-refractivity contribution in [1.82, 2.24) is 4.31 Å². The van der Waals surface area contributed by atoms with E-state index in [-0.39, 0.29) is 29.4 Å². The summed E-state index contributed by atoms with van der Waals surface area (Å²) in [6, 6.07) is 9.01. The molecule has 3 rings (SSSR count). The summed E-state index contributed by atoms with van der Waals surface area (Å²) in [4.78, 5) is 22.2. The van der Waals surface area contributed by atoms with Gasteiger partial charge in [0.15, 0.2) is 0 Å². The normalized spacial score (nSPS) is 16.6. The second kappa shape index (κ2) is 8.05. The first-order chi connectivity index (χ1) is 13.7. The molecule has 1 atom stereocenters. The van der Waals surface area contributed by atoms with Crippen molar-refractivity contribution < 1.29 is 27.6 Å². The van der Waals surface area contributed by atoms with E-state index in [0.717, 1.165) is 4.31 Å². The number of nitro benzene ring substituents is 1. The van der Waals surface area contributed by atoms with E-state index in [1.807, 2.05) is 0 Å². The average molecular weight is 421 g/mol. The molecule has 0 radical (unpaired) electrons. The van der Waals surface area contributed by atoms with Crippen molar-refractivity contribution in [3.05, 3.63) is 52.6 Å². The molecule has 10 nitrogen and oxygen atoms in total. The molecule has 2 aromatic carbocycles. The van der Waals surface area contributed by atoms with Crippen molar-refractivity contribution in [2.75, 3.05) is 25.5 Å². The Balaban J connectivity index is 1.92. The Morgan fingerprint density at radius 1 is 1.24 bits per heavy atom. The van der Waals surface area contributed by atoms with Crippen molar-refractivity contribution in [2.45, 2.75) is 17.9 Å². The Kier molecular flexibility index (Phi) is 5.71. The number of nitrogens with one attached hydrogen (secondary N) is 1. The number of anilines is 1. The number of benzene rings is 2. The van der Waals surface area contributed by atoms with Crippen LogP contribution >= 0.6 is 0 Å². The van der Waals surface area contributed by atoms with Crippen LogP contribution in [-0.2, 0) is 19.6 Å². The smallest absolute Gasteiger partial charge is 0.323 e. The van der Waals surface area contributed by atoms with Gasteiger partial charge in [-0.25, -0.2) is 8.42 Å². The van der Waals surface area contributed by atoms with Gasteiger partial charge in [-0.2, -0.15) is 4.31 Å². The molecule has 0 unspecified atom stereocenters. The quantitative estimate of drug-likeness (QED) is 0.443. The first-order valence-electron chi connectivity index (χ1n) is 8.64. The minimum Gasteiger partial charge on any atom is -0.468 e. The summed E-state index contributed by atoms with van der Waals surface area (Å²) in [5.41, 5.74) is 0.192. The van der Waals surface area contributed by atoms with Gasteiger partial charge in [0.05, 0.1) is 23.8 Å². The highest BCUT2D eigenvalue weighted by molar-refractivity contribution is 7.89. The highest BCUT2D eigenvalue weighted by Crippen LogP contribution is 2.34. The van der Waals surface area contributed by atoms with Crippen LogP contribution in [0.25, 0.3) is 0 Å². The zero-order valence-corrected chi connectivity index (χ0v) is 16.5. The standard InChI is InChI=1S/C18H19N3O7S/c1-12(18(22)27-2)20-9-8-19-16-11-15(6-7-17(16)29(20,25)26)28-14-5-3-4-13(10-14)21(23)24/h3-7,10-12,19H,8-9H2,1-2H3/t12-/m1/s1. The highest BCUT2D eigenvalue weighted by Gasteiger charge is 2.36. The molecule has 1 heterocycles. The van der Waals surface area contributed by atoms with Crippen LogP contribution in [0.15, 0.2) is 47.4 Å². The summed E-state index contributed by atoms with van der Waals surface area (Å²) in [5.74, 6) is -0.0966. The zero-order valence-electron chi connectivity index (χ0n) is 15.7. The maximum atomic E-state index is 13.0. The first-order valence-corrected chi connectivity index (χ1v) is 10.1. The Bertz CT molecular complexity index is 1060. The summed E-state index contributed by atoms with van der Waals surface area (Å²) in [6.45, 7) is 1.82. The minimum atomic E-state index is -3.96. The maximum Gasteiger partial charge on any atom is 0.323 e. The molecule has 1 aliphatic rings. The van der Waals surface area contributed by atoms with E-state index >= 15 is 0 Å². The van der Waals surface area contributed by atoms with Crippen LogP contribution in [-0.4, -0.2) is 49.9 Å². The molecule has 1 aliphatic heterocycles. The fourth-order valence-corrected chi connectivity index (χ4v) is 4.71. The van der Waals surface area contributed by atoms with E-state index in [0.29, 0.717) is 11.4 Å². The van der Waals surface area contributed by atoms with Crippen LogP contribution in [0.4, 0.5) is 11.4 Å². The van der Waals surface area contributed by atoms with Crippen LogP contribution in [0.3, 0.4) is 0 Å². The molecule has 0 saturated heterocycles. The molecule has 0 fully saturated rings. The third kappa shape index (κ3) is 4.15. The summed E-state index contributed by atoms with van der Waals surface area (Å²) >= 11 is 0. The lowest BCUT2D eigenvalue weighted by molar-refractivity contribution is -0.384. The van der Waals surface area contributed by atoms with Crippen LogP contribution in [0, 0.1) is 10.1 Å². The summed E-state index contributed by atoms with van der Waals surface area (Å²) < 4.78 is 37.5. The van der Waals surface area contributed by atoms with Crippen molar-refractivity contribution in [3.8, 4) is 11.5 Å². The number of hydrogen-bond acceptors (Lipinski definition) is 8. The number of carbonyl (C=O) groups is 1. The van der Waals surface area contributed by atoms with E-state index in [1.54, 1.807) is 6.07 Å². The van der Waals surface area contributed by atoms with Gasteiger partial charge in [-0.1, -0.05) is 6.07 Å². The Hall–Kier alpha value is -3.18. The van der Waals surface area contributed by atoms with Crippen molar-refractivity contribution in [1.29, 1.82) is 0 Å². The Morgan fingerprint density at radius 2 is 1.97 bits per heavy atom. The van der Waals surface area contributed by atoms with E-state index in [9.17, 15) is 23.3 Å². The fraction of sp³-hybridized carbons (Fsp3) is 0.278. The fourth-order valence-electron chi connectivity index (χ4n) is 2.97. The summed E-state index contributed by atoms with van der Waals surface area (Å²) in [6.07, 6.45) is 0. The number of rotatable bonds is 5. The summed E-state index contributed by atoms with van der Waals surface area (Å²) in [5, 5.41) is 13.9. The van der Waals surface area contributed by atoms with Crippen LogP contribution in [0.2, 0.25) is 0 Å². The van der Waals surface area contributed by atoms with E-state index in [1.165, 1.54) is 50.4 Å². The molecule has 0 spiro atoms. The predicted octanol–water partition coefficient (Wildman–Crippen LogP) is 2.36. The van der Waals surface area contributed by atoms with Crippen LogP contribution < -0.4 is 10.1 Å². The molecule has 0 aromatic heterocycles. The van der Waals surface area contributed by atoms with Gasteiger partial charge >= 0.3 is 5.97 Å². The van der Waals surface area contributed by atoms with Gasteiger partial charge in [-0.3, -0.25) is 14.9 Å². The molecule has 0 bridgehead atoms. The van der Waals surface area contributed by atoms with Gasteiger partial charge in [0.2, 0.25) is 10.0 Å². The number of nitro groups is 1. The second-order valence-electron chi connectivity index (χ2n) is 6.26. The largest absolute Gasteiger partial charge is 0.468 e.